The zero-order valence-electron chi connectivity index (χ0n) is 15.1. The molecule has 28 heavy (non-hydrogen) atoms. The number of hydrogen-bond donors (Lipinski definition) is 5. The van der Waals surface area contributed by atoms with Crippen molar-refractivity contribution < 1.29 is 29.4 Å². The number of urea groups is 1. The summed E-state index contributed by atoms with van der Waals surface area (Å²) in [5.41, 5.74) is 0.495. The summed E-state index contributed by atoms with van der Waals surface area (Å²) in [6, 6.07) is 1.55. The van der Waals surface area contributed by atoms with E-state index < -0.39 is 24.0 Å². The van der Waals surface area contributed by atoms with Crippen LogP contribution in [0, 0.1) is 3.70 Å². The first-order chi connectivity index (χ1) is 13.3. The predicted octanol–water partition coefficient (Wildman–Crippen LogP) is 1.20. The molecule has 0 bridgehead atoms. The average molecular weight is 506 g/mol. The molecule has 1 heterocycles. The fourth-order valence-electron chi connectivity index (χ4n) is 2.18. The number of aliphatic carboxylic acids is 2. The Morgan fingerprint density at radius 1 is 1.04 bits per heavy atom. The maximum Gasteiger partial charge on any atom is 0.326 e. The van der Waals surface area contributed by atoms with Crippen molar-refractivity contribution in [1.82, 2.24) is 20.9 Å². The zero-order valence-corrected chi connectivity index (χ0v) is 17.3. The van der Waals surface area contributed by atoms with E-state index in [1.165, 1.54) is 6.20 Å². The van der Waals surface area contributed by atoms with Gasteiger partial charge in [0.05, 0.1) is 5.56 Å². The van der Waals surface area contributed by atoms with E-state index in [0.29, 0.717) is 25.1 Å². The number of halogens is 1. The van der Waals surface area contributed by atoms with E-state index in [4.69, 9.17) is 10.2 Å². The molecule has 0 aliphatic carbocycles. The summed E-state index contributed by atoms with van der Waals surface area (Å²) in [7, 11) is 0. The normalized spacial score (nSPS) is 11.3. The van der Waals surface area contributed by atoms with E-state index in [9.17, 15) is 19.2 Å². The highest BCUT2D eigenvalue weighted by Crippen LogP contribution is 2.03. The van der Waals surface area contributed by atoms with Crippen LogP contribution in [0.3, 0.4) is 0 Å². The molecule has 5 N–H and O–H groups in total. The summed E-state index contributed by atoms with van der Waals surface area (Å²) in [5.74, 6) is -2.60. The number of carbonyl (C=O) groups is 4. The second kappa shape index (κ2) is 12.9. The number of carbonyl (C=O) groups excluding carboxylic acids is 2. The Labute approximate surface area is 175 Å². The molecule has 11 heteroatoms. The van der Waals surface area contributed by atoms with Gasteiger partial charge in [0, 0.05) is 25.7 Å². The molecule has 1 aromatic heterocycles. The number of nitrogens with one attached hydrogen (secondary N) is 3. The first-order valence-corrected chi connectivity index (χ1v) is 9.76. The number of unbranched alkanes of at least 4 members (excludes halogenated alkanes) is 2. The molecule has 154 valence electrons. The molecule has 0 aromatic carbocycles. The summed E-state index contributed by atoms with van der Waals surface area (Å²) in [6.07, 6.45) is 3.12. The summed E-state index contributed by atoms with van der Waals surface area (Å²) in [6.45, 7) is 0.833. The lowest BCUT2D eigenvalue weighted by molar-refractivity contribution is -0.140. The van der Waals surface area contributed by atoms with Crippen molar-refractivity contribution in [3.63, 3.8) is 0 Å². The largest absolute Gasteiger partial charge is 0.481 e. The van der Waals surface area contributed by atoms with Crippen molar-refractivity contribution >= 4 is 46.5 Å². The Morgan fingerprint density at radius 3 is 2.29 bits per heavy atom. The van der Waals surface area contributed by atoms with Gasteiger partial charge in [0.25, 0.3) is 5.91 Å². The van der Waals surface area contributed by atoms with Crippen molar-refractivity contribution in [2.24, 2.45) is 0 Å². The quantitative estimate of drug-likeness (QED) is 0.162. The van der Waals surface area contributed by atoms with E-state index in [-0.39, 0.29) is 18.7 Å². The molecular formula is C17H23IN4O6. The van der Waals surface area contributed by atoms with E-state index >= 15 is 0 Å². The van der Waals surface area contributed by atoms with Crippen LogP contribution < -0.4 is 16.0 Å². The molecule has 1 aromatic rings. The van der Waals surface area contributed by atoms with Gasteiger partial charge in [-0.1, -0.05) is 0 Å². The third kappa shape index (κ3) is 10.0. The van der Waals surface area contributed by atoms with Gasteiger partial charge in [-0.3, -0.25) is 9.59 Å². The Morgan fingerprint density at radius 2 is 1.71 bits per heavy atom. The van der Waals surface area contributed by atoms with Gasteiger partial charge in [0.15, 0.2) is 0 Å². The van der Waals surface area contributed by atoms with Crippen LogP contribution in [-0.4, -0.2) is 58.2 Å². The average Bonchev–Trinajstić information content (AvgIpc) is 2.64. The van der Waals surface area contributed by atoms with Gasteiger partial charge in [-0.2, -0.15) is 0 Å². The van der Waals surface area contributed by atoms with Crippen molar-refractivity contribution in [2.45, 2.75) is 38.1 Å². The summed E-state index contributed by atoms with van der Waals surface area (Å²) < 4.78 is 0.808. The van der Waals surface area contributed by atoms with Gasteiger partial charge in [-0.15, -0.1) is 0 Å². The predicted molar refractivity (Wildman–Crippen MR) is 108 cm³/mol. The maximum absolute atomic E-state index is 11.9. The fourth-order valence-corrected chi connectivity index (χ4v) is 2.50. The zero-order chi connectivity index (χ0) is 20.9. The van der Waals surface area contributed by atoms with Crippen molar-refractivity contribution in [2.75, 3.05) is 13.1 Å². The lowest BCUT2D eigenvalue weighted by Crippen LogP contribution is -2.46. The van der Waals surface area contributed by atoms with Crippen LogP contribution in [0.5, 0.6) is 0 Å². The van der Waals surface area contributed by atoms with Gasteiger partial charge >= 0.3 is 18.0 Å². The van der Waals surface area contributed by atoms with Gasteiger partial charge < -0.3 is 26.2 Å². The molecule has 0 saturated heterocycles. The number of aromatic nitrogens is 1. The lowest BCUT2D eigenvalue weighted by Gasteiger charge is -2.14. The molecule has 1 rings (SSSR count). The van der Waals surface area contributed by atoms with Gasteiger partial charge in [0.2, 0.25) is 0 Å². The van der Waals surface area contributed by atoms with Gasteiger partial charge in [-0.25, -0.2) is 14.6 Å². The first kappa shape index (κ1) is 23.6. The number of carboxylic acids is 2. The van der Waals surface area contributed by atoms with E-state index in [0.717, 1.165) is 16.5 Å². The van der Waals surface area contributed by atoms with Crippen LogP contribution >= 0.6 is 22.6 Å². The Bertz CT molecular complexity index is 683. The molecule has 1 atom stereocenters. The molecule has 1 unspecified atom stereocenters. The lowest BCUT2D eigenvalue weighted by atomic mass is 10.1. The van der Waals surface area contributed by atoms with Crippen LogP contribution in [0.15, 0.2) is 18.3 Å². The molecule has 10 nitrogen and oxygen atoms in total. The molecule has 0 radical (unpaired) electrons. The smallest absolute Gasteiger partial charge is 0.326 e. The molecular weight excluding hydrogens is 483 g/mol. The van der Waals surface area contributed by atoms with Crippen LogP contribution in [-0.2, 0) is 9.59 Å². The van der Waals surface area contributed by atoms with Crippen molar-refractivity contribution in [3.8, 4) is 0 Å². The highest BCUT2D eigenvalue weighted by atomic mass is 127. The molecule has 0 spiro atoms. The summed E-state index contributed by atoms with van der Waals surface area (Å²) >= 11 is 2.06. The third-order valence-electron chi connectivity index (χ3n) is 3.66. The number of pyridine rings is 1. The standard InChI is InChI=1S/C17H23IN4O6/c18-13-6-4-11(10-21-13)15(25)19-8-2-1-3-9-20-17(28)22-12(16(26)27)5-7-14(23)24/h4,6,10,12H,1-3,5,7-9H2,(H,19,25)(H,23,24)(H,26,27)(H2,20,22,28). The maximum atomic E-state index is 11.9. The Kier molecular flexibility index (Phi) is 10.8. The van der Waals surface area contributed by atoms with Crippen molar-refractivity contribution in [3.05, 3.63) is 27.6 Å². The van der Waals surface area contributed by atoms with Gasteiger partial charge in [0.1, 0.15) is 9.74 Å². The number of rotatable bonds is 12. The second-order valence-electron chi connectivity index (χ2n) is 5.91. The fraction of sp³-hybridized carbons (Fsp3) is 0.471. The monoisotopic (exact) mass is 506 g/mol. The topological polar surface area (TPSA) is 158 Å². The minimum Gasteiger partial charge on any atom is -0.481 e. The molecule has 0 saturated carbocycles. The summed E-state index contributed by atoms with van der Waals surface area (Å²) in [5, 5.41) is 25.1. The summed E-state index contributed by atoms with van der Waals surface area (Å²) in [4.78, 5) is 49.1. The van der Waals surface area contributed by atoms with E-state index in [1.54, 1.807) is 12.1 Å². The molecule has 0 aliphatic heterocycles. The number of amides is 3. The first-order valence-electron chi connectivity index (χ1n) is 8.68. The number of hydrogen-bond acceptors (Lipinski definition) is 5. The van der Waals surface area contributed by atoms with Crippen LogP contribution in [0.1, 0.15) is 42.5 Å². The highest BCUT2D eigenvalue weighted by Gasteiger charge is 2.20. The number of carboxylic acid groups (broad SMARTS) is 2. The third-order valence-corrected chi connectivity index (χ3v) is 4.30. The van der Waals surface area contributed by atoms with E-state index in [2.05, 4.69) is 43.5 Å². The Balaban J connectivity index is 2.13. The Hall–Kier alpha value is -2.44. The number of nitrogens with zero attached hydrogens (tertiary/aromatic N) is 1. The molecule has 0 aliphatic rings. The van der Waals surface area contributed by atoms with Gasteiger partial charge in [-0.05, 0) is 60.4 Å². The minimum absolute atomic E-state index is 0.187. The van der Waals surface area contributed by atoms with E-state index in [1.807, 2.05) is 0 Å². The van der Waals surface area contributed by atoms with Crippen molar-refractivity contribution in [1.29, 1.82) is 0 Å². The SMILES string of the molecule is O=C(O)CCC(NC(=O)NCCCCCNC(=O)c1ccc(I)nc1)C(=O)O. The van der Waals surface area contributed by atoms with Crippen LogP contribution in [0.4, 0.5) is 4.79 Å². The second-order valence-corrected chi connectivity index (χ2v) is 7.01. The molecule has 3 amide bonds. The molecule has 0 fully saturated rings. The minimum atomic E-state index is -1.28. The van der Waals surface area contributed by atoms with Crippen LogP contribution in [0.2, 0.25) is 0 Å². The highest BCUT2D eigenvalue weighted by molar-refractivity contribution is 14.1. The van der Waals surface area contributed by atoms with Crippen LogP contribution in [0.25, 0.3) is 0 Å².